The van der Waals surface area contributed by atoms with Crippen molar-refractivity contribution in [3.8, 4) is 5.75 Å². The molecule has 1 aromatic rings. The van der Waals surface area contributed by atoms with Gasteiger partial charge in [-0.05, 0) is 24.1 Å². The van der Waals surface area contributed by atoms with E-state index >= 15 is 0 Å². The molecule has 0 atom stereocenters. The molecule has 1 aliphatic heterocycles. The molecule has 0 unspecified atom stereocenters. The molecule has 1 aromatic carbocycles. The highest BCUT2D eigenvalue weighted by Gasteiger charge is 2.15. The molecular weight excluding hydrogens is 246 g/mol. The number of amides is 1. The molecule has 0 radical (unpaired) electrons. The summed E-state index contributed by atoms with van der Waals surface area (Å²) >= 11 is 3.38. The minimum atomic E-state index is -0.0919. The first-order chi connectivity index (χ1) is 6.79. The molecule has 4 heteroatoms. The SMILES string of the molecule is O=C1COc2cc(CCBr)ccc2N1. The molecule has 2 rings (SSSR count). The van der Waals surface area contributed by atoms with E-state index in [1.54, 1.807) is 0 Å². The van der Waals surface area contributed by atoms with Crippen molar-refractivity contribution in [2.45, 2.75) is 6.42 Å². The number of rotatable bonds is 2. The first-order valence-corrected chi connectivity index (χ1v) is 5.53. The van der Waals surface area contributed by atoms with Crippen molar-refractivity contribution in [1.82, 2.24) is 0 Å². The number of hydrogen-bond acceptors (Lipinski definition) is 2. The minimum Gasteiger partial charge on any atom is -0.482 e. The molecular formula is C10H10BrNO2. The van der Waals surface area contributed by atoms with Gasteiger partial charge in [0, 0.05) is 5.33 Å². The van der Waals surface area contributed by atoms with Gasteiger partial charge in [-0.15, -0.1) is 0 Å². The topological polar surface area (TPSA) is 38.3 Å². The van der Waals surface area contributed by atoms with Gasteiger partial charge in [-0.2, -0.15) is 0 Å². The van der Waals surface area contributed by atoms with E-state index in [4.69, 9.17) is 4.74 Å². The van der Waals surface area contributed by atoms with Crippen LogP contribution in [0.15, 0.2) is 18.2 Å². The van der Waals surface area contributed by atoms with E-state index in [9.17, 15) is 4.79 Å². The van der Waals surface area contributed by atoms with Gasteiger partial charge in [-0.25, -0.2) is 0 Å². The third kappa shape index (κ3) is 1.90. The largest absolute Gasteiger partial charge is 0.482 e. The maximum atomic E-state index is 11.0. The molecule has 0 spiro atoms. The van der Waals surface area contributed by atoms with Crippen LogP contribution in [-0.4, -0.2) is 17.8 Å². The summed E-state index contributed by atoms with van der Waals surface area (Å²) in [6, 6.07) is 5.84. The number of benzene rings is 1. The van der Waals surface area contributed by atoms with Crippen LogP contribution in [0.2, 0.25) is 0 Å². The summed E-state index contributed by atoms with van der Waals surface area (Å²) in [4.78, 5) is 11.0. The maximum absolute atomic E-state index is 11.0. The van der Waals surface area contributed by atoms with Crippen molar-refractivity contribution in [2.75, 3.05) is 17.3 Å². The van der Waals surface area contributed by atoms with E-state index in [0.717, 1.165) is 23.2 Å². The molecule has 74 valence electrons. The Morgan fingerprint density at radius 2 is 2.36 bits per heavy atom. The molecule has 0 saturated heterocycles. The van der Waals surface area contributed by atoms with E-state index in [0.29, 0.717) is 0 Å². The average Bonchev–Trinajstić information content (AvgIpc) is 2.19. The molecule has 14 heavy (non-hydrogen) atoms. The Kier molecular flexibility index (Phi) is 2.72. The normalized spacial score (nSPS) is 14.2. The first kappa shape index (κ1) is 9.52. The molecule has 1 amide bonds. The van der Waals surface area contributed by atoms with Gasteiger partial charge >= 0.3 is 0 Å². The first-order valence-electron chi connectivity index (χ1n) is 4.41. The van der Waals surface area contributed by atoms with Crippen LogP contribution in [0.3, 0.4) is 0 Å². The molecule has 1 heterocycles. The smallest absolute Gasteiger partial charge is 0.262 e. The van der Waals surface area contributed by atoms with E-state index in [1.165, 1.54) is 5.56 Å². The second-order valence-corrected chi connectivity index (χ2v) is 3.90. The van der Waals surface area contributed by atoms with Gasteiger partial charge < -0.3 is 10.1 Å². The lowest BCUT2D eigenvalue weighted by molar-refractivity contribution is -0.118. The third-order valence-corrected chi connectivity index (χ3v) is 2.46. The Bertz CT molecular complexity index is 365. The highest BCUT2D eigenvalue weighted by molar-refractivity contribution is 9.09. The van der Waals surface area contributed by atoms with Crippen LogP contribution in [0.5, 0.6) is 5.75 Å². The number of carbonyl (C=O) groups is 1. The highest BCUT2D eigenvalue weighted by Crippen LogP contribution is 2.28. The molecule has 1 aliphatic rings. The van der Waals surface area contributed by atoms with Crippen LogP contribution >= 0.6 is 15.9 Å². The number of alkyl halides is 1. The Labute approximate surface area is 90.6 Å². The van der Waals surface area contributed by atoms with Crippen molar-refractivity contribution < 1.29 is 9.53 Å². The van der Waals surface area contributed by atoms with E-state index in [2.05, 4.69) is 21.2 Å². The fraction of sp³-hybridized carbons (Fsp3) is 0.300. The number of nitrogens with one attached hydrogen (secondary N) is 1. The number of hydrogen-bond donors (Lipinski definition) is 1. The molecule has 0 saturated carbocycles. The highest BCUT2D eigenvalue weighted by atomic mass is 79.9. The van der Waals surface area contributed by atoms with Gasteiger partial charge in [0.25, 0.3) is 5.91 Å². The Hall–Kier alpha value is -1.03. The summed E-state index contributed by atoms with van der Waals surface area (Å²) in [5.41, 5.74) is 1.97. The van der Waals surface area contributed by atoms with E-state index in [1.807, 2.05) is 18.2 Å². The van der Waals surface area contributed by atoms with Crippen molar-refractivity contribution >= 4 is 27.5 Å². The summed E-state index contributed by atoms with van der Waals surface area (Å²) in [5, 5.41) is 3.68. The number of aryl methyl sites for hydroxylation is 1. The monoisotopic (exact) mass is 255 g/mol. The molecule has 1 N–H and O–H groups in total. The summed E-state index contributed by atoms with van der Waals surface area (Å²) < 4.78 is 5.30. The molecule has 0 fully saturated rings. The summed E-state index contributed by atoms with van der Waals surface area (Å²) in [5.74, 6) is 0.675. The lowest BCUT2D eigenvalue weighted by Crippen LogP contribution is -2.25. The predicted octanol–water partition coefficient (Wildman–Crippen LogP) is 1.95. The van der Waals surface area contributed by atoms with E-state index < -0.39 is 0 Å². The number of anilines is 1. The second-order valence-electron chi connectivity index (χ2n) is 3.11. The van der Waals surface area contributed by atoms with Crippen LogP contribution in [0.1, 0.15) is 5.56 Å². The Balaban J connectivity index is 2.26. The van der Waals surface area contributed by atoms with Crippen molar-refractivity contribution in [2.24, 2.45) is 0 Å². The summed E-state index contributed by atoms with van der Waals surface area (Å²) in [6.45, 7) is 0.116. The van der Waals surface area contributed by atoms with Gasteiger partial charge in [0.2, 0.25) is 0 Å². The zero-order chi connectivity index (χ0) is 9.97. The molecule has 0 aliphatic carbocycles. The fourth-order valence-corrected chi connectivity index (χ4v) is 1.84. The maximum Gasteiger partial charge on any atom is 0.262 e. The average molecular weight is 256 g/mol. The van der Waals surface area contributed by atoms with Crippen LogP contribution in [-0.2, 0) is 11.2 Å². The number of fused-ring (bicyclic) bond motifs is 1. The number of carbonyl (C=O) groups excluding carboxylic acids is 1. The van der Waals surface area contributed by atoms with Crippen LogP contribution < -0.4 is 10.1 Å². The van der Waals surface area contributed by atoms with Crippen LogP contribution in [0, 0.1) is 0 Å². The van der Waals surface area contributed by atoms with Gasteiger partial charge in [0.15, 0.2) is 6.61 Å². The van der Waals surface area contributed by atoms with Crippen molar-refractivity contribution in [3.63, 3.8) is 0 Å². The quantitative estimate of drug-likeness (QED) is 0.821. The fourth-order valence-electron chi connectivity index (χ4n) is 1.38. The number of halogens is 1. The Morgan fingerprint density at radius 3 is 3.14 bits per heavy atom. The number of ether oxygens (including phenoxy) is 1. The minimum absolute atomic E-state index is 0.0919. The van der Waals surface area contributed by atoms with Crippen molar-refractivity contribution in [1.29, 1.82) is 0 Å². The van der Waals surface area contributed by atoms with Crippen LogP contribution in [0.25, 0.3) is 0 Å². The lowest BCUT2D eigenvalue weighted by atomic mass is 10.1. The predicted molar refractivity (Wildman–Crippen MR) is 58.1 cm³/mol. The van der Waals surface area contributed by atoms with Gasteiger partial charge in [-0.3, -0.25) is 4.79 Å². The van der Waals surface area contributed by atoms with Gasteiger partial charge in [0.1, 0.15) is 5.75 Å². The second kappa shape index (κ2) is 4.00. The Morgan fingerprint density at radius 1 is 1.50 bits per heavy atom. The molecule has 3 nitrogen and oxygen atoms in total. The zero-order valence-electron chi connectivity index (χ0n) is 7.55. The van der Waals surface area contributed by atoms with Gasteiger partial charge in [0.05, 0.1) is 5.69 Å². The standard InChI is InChI=1S/C10H10BrNO2/c11-4-3-7-1-2-8-9(5-7)14-6-10(13)12-8/h1-2,5H,3-4,6H2,(H,12,13). The zero-order valence-corrected chi connectivity index (χ0v) is 9.13. The molecule has 0 bridgehead atoms. The van der Waals surface area contributed by atoms with E-state index in [-0.39, 0.29) is 12.5 Å². The van der Waals surface area contributed by atoms with Crippen molar-refractivity contribution in [3.05, 3.63) is 23.8 Å². The van der Waals surface area contributed by atoms with Crippen LogP contribution in [0.4, 0.5) is 5.69 Å². The van der Waals surface area contributed by atoms with Gasteiger partial charge in [-0.1, -0.05) is 22.0 Å². The summed E-state index contributed by atoms with van der Waals surface area (Å²) in [7, 11) is 0. The summed E-state index contributed by atoms with van der Waals surface area (Å²) in [6.07, 6.45) is 0.963. The lowest BCUT2D eigenvalue weighted by Gasteiger charge is -2.18. The third-order valence-electron chi connectivity index (χ3n) is 2.06. The molecule has 0 aromatic heterocycles.